The van der Waals surface area contributed by atoms with E-state index in [-0.39, 0.29) is 18.9 Å². The molecule has 1 aromatic carbocycles. The summed E-state index contributed by atoms with van der Waals surface area (Å²) >= 11 is 1.43. The van der Waals surface area contributed by atoms with Gasteiger partial charge in [0, 0.05) is 24.9 Å². The van der Waals surface area contributed by atoms with Crippen LogP contribution in [0.1, 0.15) is 24.9 Å². The molecule has 0 N–H and O–H groups in total. The van der Waals surface area contributed by atoms with Crippen molar-refractivity contribution < 1.29 is 28.5 Å². The van der Waals surface area contributed by atoms with Crippen LogP contribution in [0, 0.1) is 0 Å². The van der Waals surface area contributed by atoms with Crippen LogP contribution in [0.15, 0.2) is 58.2 Å². The highest BCUT2D eigenvalue weighted by atomic mass is 32.2. The summed E-state index contributed by atoms with van der Waals surface area (Å²) in [6.07, 6.45) is 1.70. The number of morpholine rings is 1. The molecule has 4 rings (SSSR count). The van der Waals surface area contributed by atoms with E-state index < -0.39 is 12.0 Å². The van der Waals surface area contributed by atoms with Crippen molar-refractivity contribution in [1.29, 1.82) is 0 Å². The maximum Gasteiger partial charge on any atom is 0.338 e. The fraction of sp³-hybridized carbons (Fsp3) is 0.400. The fourth-order valence-corrected chi connectivity index (χ4v) is 5.19. The number of amides is 1. The van der Waals surface area contributed by atoms with Crippen molar-refractivity contribution in [2.75, 3.05) is 47.1 Å². The number of fused-ring (bicyclic) bond motifs is 1. The molecule has 0 spiro atoms. The molecule has 186 valence electrons. The van der Waals surface area contributed by atoms with Gasteiger partial charge in [-0.1, -0.05) is 24.4 Å². The molecular formula is C25H29N3O6S. The Labute approximate surface area is 209 Å². The number of thioether (sulfide) groups is 1. The molecule has 3 heterocycles. The minimum absolute atomic E-state index is 0.00503. The Kier molecular flexibility index (Phi) is 7.82. The van der Waals surface area contributed by atoms with Gasteiger partial charge in [0.25, 0.3) is 0 Å². The number of hydrogen-bond acceptors (Lipinski definition) is 9. The lowest BCUT2D eigenvalue weighted by molar-refractivity contribution is -0.138. The Balaban J connectivity index is 1.75. The Bertz CT molecular complexity index is 1080. The SMILES string of the molecule is C=CCOC(=O)C1=C(C)N=C2SC=C(CC(=O)N3CCOCC3)N2[C@@H]1c1cc(OC)cc(OC)c1. The normalized spacial score (nSPS) is 19.6. The van der Waals surface area contributed by atoms with Gasteiger partial charge in [-0.05, 0) is 30.0 Å². The lowest BCUT2D eigenvalue weighted by Crippen LogP contribution is -2.42. The molecule has 1 fully saturated rings. The lowest BCUT2D eigenvalue weighted by atomic mass is 9.93. The molecule has 1 atom stereocenters. The summed E-state index contributed by atoms with van der Waals surface area (Å²) in [7, 11) is 3.15. The largest absolute Gasteiger partial charge is 0.497 e. The Hall–Kier alpha value is -3.24. The van der Waals surface area contributed by atoms with E-state index in [0.29, 0.717) is 54.2 Å². The van der Waals surface area contributed by atoms with Crippen LogP contribution in [-0.2, 0) is 19.1 Å². The van der Waals surface area contributed by atoms with Crippen molar-refractivity contribution in [1.82, 2.24) is 9.80 Å². The van der Waals surface area contributed by atoms with E-state index in [1.807, 2.05) is 22.4 Å². The van der Waals surface area contributed by atoms with Crippen molar-refractivity contribution in [3.63, 3.8) is 0 Å². The highest BCUT2D eigenvalue weighted by Gasteiger charge is 2.41. The van der Waals surface area contributed by atoms with Crippen molar-refractivity contribution in [3.8, 4) is 11.5 Å². The van der Waals surface area contributed by atoms with Gasteiger partial charge in [-0.2, -0.15) is 0 Å². The Morgan fingerprint density at radius 2 is 1.89 bits per heavy atom. The third kappa shape index (κ3) is 5.23. The predicted molar refractivity (Wildman–Crippen MR) is 133 cm³/mol. The highest BCUT2D eigenvalue weighted by molar-refractivity contribution is 8.16. The molecule has 0 aliphatic carbocycles. The van der Waals surface area contributed by atoms with E-state index >= 15 is 0 Å². The molecular weight excluding hydrogens is 470 g/mol. The van der Waals surface area contributed by atoms with Crippen LogP contribution in [0.4, 0.5) is 0 Å². The van der Waals surface area contributed by atoms with Gasteiger partial charge in [-0.15, -0.1) is 0 Å². The van der Waals surface area contributed by atoms with Gasteiger partial charge in [-0.25, -0.2) is 9.79 Å². The first-order valence-corrected chi connectivity index (χ1v) is 12.2. The molecule has 0 unspecified atom stereocenters. The number of carbonyl (C=O) groups excluding carboxylic acids is 2. The first-order chi connectivity index (χ1) is 17.0. The number of esters is 1. The van der Waals surface area contributed by atoms with Gasteiger partial charge in [0.1, 0.15) is 18.1 Å². The van der Waals surface area contributed by atoms with Crippen LogP contribution in [0.3, 0.4) is 0 Å². The lowest BCUT2D eigenvalue weighted by Gasteiger charge is -2.37. The van der Waals surface area contributed by atoms with Crippen LogP contribution < -0.4 is 9.47 Å². The van der Waals surface area contributed by atoms with Crippen molar-refractivity contribution >= 4 is 28.8 Å². The zero-order chi connectivity index (χ0) is 24.9. The topological polar surface area (TPSA) is 89.9 Å². The monoisotopic (exact) mass is 499 g/mol. The first-order valence-electron chi connectivity index (χ1n) is 11.3. The van der Waals surface area contributed by atoms with Crippen LogP contribution in [-0.4, -0.2) is 74.0 Å². The van der Waals surface area contributed by atoms with Gasteiger partial charge < -0.3 is 28.7 Å². The number of ether oxygens (including phenoxy) is 4. The number of amidine groups is 1. The number of nitrogens with zero attached hydrogens (tertiary/aromatic N) is 3. The molecule has 9 nitrogen and oxygen atoms in total. The number of benzene rings is 1. The molecule has 0 saturated carbocycles. The third-order valence-electron chi connectivity index (χ3n) is 5.94. The van der Waals surface area contributed by atoms with Crippen LogP contribution in [0.25, 0.3) is 0 Å². The number of rotatable bonds is 8. The Morgan fingerprint density at radius 3 is 2.51 bits per heavy atom. The summed E-state index contributed by atoms with van der Waals surface area (Å²) in [6, 6.07) is 4.90. The quantitative estimate of drug-likeness (QED) is 0.398. The van der Waals surface area contributed by atoms with Gasteiger partial charge in [-0.3, -0.25) is 4.79 Å². The molecule has 0 bridgehead atoms. The number of allylic oxidation sites excluding steroid dienone is 1. The van der Waals surface area contributed by atoms with Gasteiger partial charge in [0.05, 0.1) is 51.2 Å². The molecule has 0 aromatic heterocycles. The standard InChI is InChI=1S/C25H29N3O6S/c1-5-8-34-24(30)22-16(2)26-25-28(23(22)17-11-19(31-3)14-20(12-17)32-4)18(15-35-25)13-21(29)27-6-9-33-10-7-27/h5,11-12,14-15,23H,1,6-10,13H2,2-4H3/t23-/m1/s1. The number of aliphatic imine (C=N–C) groups is 1. The van der Waals surface area contributed by atoms with Crippen LogP contribution in [0.5, 0.6) is 11.5 Å². The molecule has 1 aromatic rings. The second kappa shape index (κ2) is 11.0. The molecule has 35 heavy (non-hydrogen) atoms. The zero-order valence-corrected chi connectivity index (χ0v) is 20.9. The molecule has 3 aliphatic rings. The maximum absolute atomic E-state index is 13.2. The van der Waals surface area contributed by atoms with Crippen molar-refractivity contribution in [2.45, 2.75) is 19.4 Å². The minimum atomic E-state index is -0.581. The van der Waals surface area contributed by atoms with E-state index in [1.165, 1.54) is 17.8 Å². The smallest absolute Gasteiger partial charge is 0.338 e. The van der Waals surface area contributed by atoms with E-state index in [0.717, 1.165) is 11.3 Å². The van der Waals surface area contributed by atoms with Crippen molar-refractivity contribution in [2.24, 2.45) is 4.99 Å². The minimum Gasteiger partial charge on any atom is -0.497 e. The average molecular weight is 500 g/mol. The number of methoxy groups -OCH3 is 2. The molecule has 10 heteroatoms. The summed E-state index contributed by atoms with van der Waals surface area (Å²) < 4.78 is 21.8. The number of hydrogen-bond donors (Lipinski definition) is 0. The van der Waals surface area contributed by atoms with Crippen molar-refractivity contribution in [3.05, 3.63) is 58.8 Å². The van der Waals surface area contributed by atoms with E-state index in [1.54, 1.807) is 32.1 Å². The first kappa shape index (κ1) is 24.9. The zero-order valence-electron chi connectivity index (χ0n) is 20.1. The van der Waals surface area contributed by atoms with Crippen LogP contribution >= 0.6 is 11.8 Å². The van der Waals surface area contributed by atoms with Gasteiger partial charge >= 0.3 is 5.97 Å². The average Bonchev–Trinajstić information content (AvgIpc) is 3.28. The fourth-order valence-electron chi connectivity index (χ4n) is 4.23. The summed E-state index contributed by atoms with van der Waals surface area (Å²) in [5, 5.41) is 2.62. The van der Waals surface area contributed by atoms with Gasteiger partial charge in [0.2, 0.25) is 5.91 Å². The molecule has 1 saturated heterocycles. The summed E-state index contributed by atoms with van der Waals surface area (Å²) in [5.41, 5.74) is 2.46. The maximum atomic E-state index is 13.2. The predicted octanol–water partition coefficient (Wildman–Crippen LogP) is 3.26. The summed E-state index contributed by atoms with van der Waals surface area (Å²) in [6.45, 7) is 7.69. The molecule has 0 radical (unpaired) electrons. The third-order valence-corrected chi connectivity index (χ3v) is 6.83. The highest BCUT2D eigenvalue weighted by Crippen LogP contribution is 2.46. The summed E-state index contributed by atoms with van der Waals surface area (Å²) in [5.74, 6) is 0.682. The van der Waals surface area contributed by atoms with Gasteiger partial charge in [0.15, 0.2) is 5.17 Å². The number of carbonyl (C=O) groups is 2. The van der Waals surface area contributed by atoms with E-state index in [4.69, 9.17) is 18.9 Å². The molecule has 3 aliphatic heterocycles. The Morgan fingerprint density at radius 1 is 1.20 bits per heavy atom. The van der Waals surface area contributed by atoms with E-state index in [2.05, 4.69) is 11.6 Å². The molecule has 1 amide bonds. The second-order valence-corrected chi connectivity index (χ2v) is 8.93. The summed E-state index contributed by atoms with van der Waals surface area (Å²) in [4.78, 5) is 34.7. The van der Waals surface area contributed by atoms with Crippen LogP contribution in [0.2, 0.25) is 0 Å². The van der Waals surface area contributed by atoms with E-state index in [9.17, 15) is 9.59 Å². The second-order valence-electron chi connectivity index (χ2n) is 8.10.